The van der Waals surface area contributed by atoms with Crippen LogP contribution in [0, 0.1) is 0 Å². The topological polar surface area (TPSA) is 8.17 Å². The van der Waals surface area contributed by atoms with Crippen molar-refractivity contribution in [3.05, 3.63) is 181 Å². The first kappa shape index (κ1) is 27.5. The van der Waals surface area contributed by atoms with Crippen molar-refractivity contribution in [3.8, 4) is 16.8 Å². The van der Waals surface area contributed by atoms with E-state index in [-0.39, 0.29) is 0 Å². The van der Waals surface area contributed by atoms with Gasteiger partial charge in [-0.15, -0.1) is 0 Å². The third-order valence-corrected chi connectivity index (χ3v) is 9.35. The molecule has 0 saturated heterocycles. The number of aromatic nitrogens is 1. The third kappa shape index (κ3) is 4.65. The molecule has 0 bridgehead atoms. The lowest BCUT2D eigenvalue weighted by atomic mass is 9.94. The van der Waals surface area contributed by atoms with Gasteiger partial charge in [-0.3, -0.25) is 0 Å². The van der Waals surface area contributed by atoms with Gasteiger partial charge < -0.3 is 9.47 Å². The highest BCUT2D eigenvalue weighted by molar-refractivity contribution is 6.31. The van der Waals surface area contributed by atoms with Gasteiger partial charge in [0.25, 0.3) is 0 Å². The Labute approximate surface area is 278 Å². The Morgan fingerprint density at radius 2 is 1.00 bits per heavy atom. The first-order valence-corrected chi connectivity index (χ1v) is 16.3. The molecule has 9 aromatic rings. The summed E-state index contributed by atoms with van der Waals surface area (Å²) in [6, 6.07) is 62.5. The lowest BCUT2D eigenvalue weighted by Gasteiger charge is -2.26. The largest absolute Gasteiger partial charge is 0.310 e. The number of benzene rings is 8. The fourth-order valence-electron chi connectivity index (χ4n) is 7.12. The van der Waals surface area contributed by atoms with Gasteiger partial charge >= 0.3 is 0 Å². The zero-order valence-corrected chi connectivity index (χ0v) is 26.3. The summed E-state index contributed by atoms with van der Waals surface area (Å²) < 4.78 is 2.42. The van der Waals surface area contributed by atoms with E-state index in [2.05, 4.69) is 173 Å². The van der Waals surface area contributed by atoms with Crippen LogP contribution < -0.4 is 4.90 Å². The van der Waals surface area contributed by atoms with Crippen molar-refractivity contribution < 1.29 is 0 Å². The molecule has 3 heteroatoms. The molecule has 0 aliphatic heterocycles. The maximum atomic E-state index is 7.01. The van der Waals surface area contributed by atoms with Crippen molar-refractivity contribution in [2.75, 3.05) is 4.90 Å². The molecule has 0 amide bonds. The summed E-state index contributed by atoms with van der Waals surface area (Å²) in [7, 11) is 0. The second-order valence-corrected chi connectivity index (χ2v) is 12.4. The molecule has 0 N–H and O–H groups in total. The van der Waals surface area contributed by atoms with Crippen molar-refractivity contribution in [1.82, 2.24) is 4.57 Å². The molecule has 2 nitrogen and oxygen atoms in total. The molecule has 0 aliphatic rings. The minimum atomic E-state index is 0.688. The normalized spacial score (nSPS) is 11.5. The molecule has 9 rings (SSSR count). The van der Waals surface area contributed by atoms with Gasteiger partial charge in [0.05, 0.1) is 11.0 Å². The van der Waals surface area contributed by atoms with Crippen LogP contribution in [-0.4, -0.2) is 4.57 Å². The van der Waals surface area contributed by atoms with Gasteiger partial charge in [-0.05, 0) is 105 Å². The van der Waals surface area contributed by atoms with Gasteiger partial charge in [-0.1, -0.05) is 115 Å². The van der Waals surface area contributed by atoms with E-state index in [9.17, 15) is 0 Å². The van der Waals surface area contributed by atoms with Crippen molar-refractivity contribution >= 4 is 72.0 Å². The van der Waals surface area contributed by atoms with Crippen LogP contribution in [0.1, 0.15) is 0 Å². The molecule has 222 valence electrons. The Hall–Kier alpha value is -5.83. The van der Waals surface area contributed by atoms with Crippen LogP contribution in [0.25, 0.3) is 60.2 Å². The highest BCUT2D eigenvalue weighted by Gasteiger charge is 2.20. The SMILES string of the molecule is Clc1cc(-c2cc3c(c4ccccc24)c2cc4ccccc4cc2n3-c2ccccc2)cc(N(c2ccccc2)c2ccccc2)c1. The average Bonchev–Trinajstić information content (AvgIpc) is 3.44. The van der Waals surface area contributed by atoms with E-state index < -0.39 is 0 Å². The first-order chi connectivity index (χ1) is 23.2. The molecule has 8 aromatic carbocycles. The second-order valence-electron chi connectivity index (χ2n) is 12.0. The second kappa shape index (κ2) is 11.2. The van der Waals surface area contributed by atoms with E-state index in [1.165, 1.54) is 43.4 Å². The van der Waals surface area contributed by atoms with Gasteiger partial charge in [-0.2, -0.15) is 0 Å². The van der Waals surface area contributed by atoms with E-state index in [4.69, 9.17) is 11.6 Å². The van der Waals surface area contributed by atoms with Gasteiger partial charge in [0.15, 0.2) is 0 Å². The van der Waals surface area contributed by atoms with E-state index in [1.807, 2.05) is 12.1 Å². The van der Waals surface area contributed by atoms with Gasteiger partial charge in [0.2, 0.25) is 0 Å². The number of hydrogen-bond donors (Lipinski definition) is 0. The Kier molecular flexibility index (Phi) is 6.55. The smallest absolute Gasteiger partial charge is 0.0553 e. The fraction of sp³-hybridized carbons (Fsp3) is 0. The quantitative estimate of drug-likeness (QED) is 0.186. The summed E-state index contributed by atoms with van der Waals surface area (Å²) in [4.78, 5) is 2.27. The van der Waals surface area contributed by atoms with Crippen LogP contribution in [0.5, 0.6) is 0 Å². The van der Waals surface area contributed by atoms with E-state index in [0.717, 1.165) is 33.9 Å². The van der Waals surface area contributed by atoms with E-state index in [1.54, 1.807) is 0 Å². The number of fused-ring (bicyclic) bond motifs is 6. The Morgan fingerprint density at radius 3 is 1.68 bits per heavy atom. The van der Waals surface area contributed by atoms with Crippen molar-refractivity contribution in [3.63, 3.8) is 0 Å². The molecule has 0 atom stereocenters. The van der Waals surface area contributed by atoms with Gasteiger partial charge in [0.1, 0.15) is 0 Å². The lowest BCUT2D eigenvalue weighted by molar-refractivity contribution is 1.18. The molecule has 1 heterocycles. The Bertz CT molecular complexity index is 2530. The van der Waals surface area contributed by atoms with E-state index >= 15 is 0 Å². The third-order valence-electron chi connectivity index (χ3n) is 9.13. The number of anilines is 3. The number of hydrogen-bond acceptors (Lipinski definition) is 1. The van der Waals surface area contributed by atoms with Gasteiger partial charge in [-0.25, -0.2) is 0 Å². The summed E-state index contributed by atoms with van der Waals surface area (Å²) in [5.41, 5.74) is 8.85. The standard InChI is InChI=1S/C44H29ClN2/c45-33-24-32(25-37(28-33)46(34-16-4-1-5-17-34)35-18-6-2-7-19-35)40-29-43-44(39-23-13-12-22-38(39)40)41-26-30-14-10-11-15-31(30)27-42(41)47(43)36-20-8-3-9-21-36/h1-29H. The number of para-hydroxylation sites is 3. The number of nitrogens with zero attached hydrogens (tertiary/aromatic N) is 2. The minimum absolute atomic E-state index is 0.688. The zero-order valence-electron chi connectivity index (χ0n) is 25.5. The molecular weight excluding hydrogens is 592 g/mol. The van der Waals surface area contributed by atoms with Crippen LogP contribution in [0.15, 0.2) is 176 Å². The average molecular weight is 621 g/mol. The van der Waals surface area contributed by atoms with Crippen LogP contribution >= 0.6 is 11.6 Å². The number of halogens is 1. The molecule has 0 unspecified atom stereocenters. The molecular formula is C44H29ClN2. The first-order valence-electron chi connectivity index (χ1n) is 15.9. The monoisotopic (exact) mass is 620 g/mol. The Balaban J connectivity index is 1.37. The molecule has 47 heavy (non-hydrogen) atoms. The summed E-state index contributed by atoms with van der Waals surface area (Å²) in [6.07, 6.45) is 0. The van der Waals surface area contributed by atoms with Crippen LogP contribution in [0.4, 0.5) is 17.1 Å². The van der Waals surface area contributed by atoms with E-state index in [0.29, 0.717) is 5.02 Å². The van der Waals surface area contributed by atoms with Crippen molar-refractivity contribution in [2.24, 2.45) is 0 Å². The van der Waals surface area contributed by atoms with Crippen LogP contribution in [0.2, 0.25) is 5.02 Å². The summed E-state index contributed by atoms with van der Waals surface area (Å²) in [5.74, 6) is 0. The van der Waals surface area contributed by atoms with Gasteiger partial charge in [0, 0.05) is 38.5 Å². The highest BCUT2D eigenvalue weighted by atomic mass is 35.5. The highest BCUT2D eigenvalue weighted by Crippen LogP contribution is 2.44. The minimum Gasteiger partial charge on any atom is -0.310 e. The fourth-order valence-corrected chi connectivity index (χ4v) is 7.35. The maximum absolute atomic E-state index is 7.01. The molecule has 1 aromatic heterocycles. The molecule has 0 aliphatic carbocycles. The predicted octanol–water partition coefficient (Wildman–Crippen LogP) is 12.9. The molecule has 0 radical (unpaired) electrons. The zero-order chi connectivity index (χ0) is 31.3. The Morgan fingerprint density at radius 1 is 0.426 bits per heavy atom. The maximum Gasteiger partial charge on any atom is 0.0553 e. The predicted molar refractivity (Wildman–Crippen MR) is 201 cm³/mol. The molecule has 0 spiro atoms. The van der Waals surface area contributed by atoms with Crippen molar-refractivity contribution in [2.45, 2.75) is 0 Å². The summed E-state index contributed by atoms with van der Waals surface area (Å²) in [5, 5.41) is 8.07. The molecule has 0 fully saturated rings. The lowest BCUT2D eigenvalue weighted by Crippen LogP contribution is -2.09. The summed E-state index contributed by atoms with van der Waals surface area (Å²) in [6.45, 7) is 0. The van der Waals surface area contributed by atoms with Crippen molar-refractivity contribution in [1.29, 1.82) is 0 Å². The molecule has 0 saturated carbocycles. The summed E-state index contributed by atoms with van der Waals surface area (Å²) >= 11 is 7.01. The van der Waals surface area contributed by atoms with Crippen LogP contribution in [0.3, 0.4) is 0 Å². The number of rotatable bonds is 5. The van der Waals surface area contributed by atoms with Crippen LogP contribution in [-0.2, 0) is 0 Å².